The van der Waals surface area contributed by atoms with Gasteiger partial charge in [0.2, 0.25) is 0 Å². The first kappa shape index (κ1) is 35.5. The maximum atomic E-state index is 2.99. The highest BCUT2D eigenvalue weighted by atomic mass is 28.3. The van der Waals surface area contributed by atoms with Crippen LogP contribution in [0.4, 0.5) is 0 Å². The molecule has 1 heteroatoms. The molecule has 0 aromatic heterocycles. The lowest BCUT2D eigenvalue weighted by Gasteiger charge is -2.48. The van der Waals surface area contributed by atoms with E-state index in [9.17, 15) is 0 Å². The highest BCUT2D eigenvalue weighted by molar-refractivity contribution is 6.82. The van der Waals surface area contributed by atoms with E-state index in [-0.39, 0.29) is 10.8 Å². The molecule has 0 amide bonds. The van der Waals surface area contributed by atoms with Crippen LogP contribution in [0.15, 0.2) is 48.5 Å². The highest BCUT2D eigenvalue weighted by Crippen LogP contribution is 2.72. The van der Waals surface area contributed by atoms with E-state index < -0.39 is 8.07 Å². The highest BCUT2D eigenvalue weighted by Gasteiger charge is 2.66. The van der Waals surface area contributed by atoms with Gasteiger partial charge in [0, 0.05) is 0 Å². The predicted octanol–water partition coefficient (Wildman–Crippen LogP) is 13.9. The van der Waals surface area contributed by atoms with Crippen molar-refractivity contribution in [1.82, 2.24) is 0 Å². The SMILES string of the molecule is CC1C[Si](C)(C2C(C)CC3C(c4ccc(C(C)(C)C)cc4)CCCC32)C2C1CC1C(c3ccc(C(C)(C)C)cc3)CCCC12.CCC. The van der Waals surface area contributed by atoms with Crippen molar-refractivity contribution < 1.29 is 0 Å². The third kappa shape index (κ3) is 6.52. The molecule has 0 radical (unpaired) electrons. The second-order valence-electron chi connectivity index (χ2n) is 20.0. The fraction of sp³-hybridized carbons (Fsp3) is 0.739. The fourth-order valence-electron chi connectivity index (χ4n) is 13.3. The molecule has 4 aliphatic carbocycles. The normalized spacial score (nSPS) is 39.9. The summed E-state index contributed by atoms with van der Waals surface area (Å²) in [6.45, 7) is 26.8. The second kappa shape index (κ2) is 13.4. The topological polar surface area (TPSA) is 0 Å². The summed E-state index contributed by atoms with van der Waals surface area (Å²) in [6, 6.07) is 21.7. The molecule has 1 heterocycles. The van der Waals surface area contributed by atoms with Crippen LogP contribution >= 0.6 is 0 Å². The van der Waals surface area contributed by atoms with Crippen LogP contribution in [0.25, 0.3) is 0 Å². The molecule has 2 aromatic rings. The largest absolute Gasteiger partial charge is 0.0687 e. The summed E-state index contributed by atoms with van der Waals surface area (Å²) >= 11 is 0. The summed E-state index contributed by atoms with van der Waals surface area (Å²) in [5, 5.41) is 0. The summed E-state index contributed by atoms with van der Waals surface area (Å²) in [5.41, 5.74) is 8.96. The maximum absolute atomic E-state index is 2.99. The molecule has 2 aromatic carbocycles. The van der Waals surface area contributed by atoms with E-state index in [1.807, 2.05) is 0 Å². The molecule has 12 atom stereocenters. The predicted molar refractivity (Wildman–Crippen MR) is 208 cm³/mol. The van der Waals surface area contributed by atoms with Gasteiger partial charge in [0.05, 0.1) is 8.07 Å². The van der Waals surface area contributed by atoms with Gasteiger partial charge < -0.3 is 0 Å². The number of hydrogen-bond donors (Lipinski definition) is 0. The number of rotatable bonds is 3. The van der Waals surface area contributed by atoms with Crippen LogP contribution in [0, 0.1) is 41.4 Å². The Morgan fingerprint density at radius 2 is 0.979 bits per heavy atom. The lowest BCUT2D eigenvalue weighted by atomic mass is 9.70. The van der Waals surface area contributed by atoms with E-state index in [0.29, 0.717) is 0 Å². The molecule has 0 N–H and O–H groups in total. The average molecular weight is 653 g/mol. The Bertz CT molecular complexity index is 1310. The first-order valence-corrected chi connectivity index (χ1v) is 23.3. The van der Waals surface area contributed by atoms with Crippen LogP contribution in [0.1, 0.15) is 161 Å². The van der Waals surface area contributed by atoms with E-state index in [1.165, 1.54) is 62.5 Å². The van der Waals surface area contributed by atoms with Crippen molar-refractivity contribution in [2.24, 2.45) is 41.4 Å². The van der Waals surface area contributed by atoms with Gasteiger partial charge in [-0.25, -0.2) is 0 Å². The van der Waals surface area contributed by atoms with Crippen molar-refractivity contribution in [1.29, 1.82) is 0 Å². The molecule has 0 spiro atoms. The number of fused-ring (bicyclic) bond motifs is 4. The molecule has 47 heavy (non-hydrogen) atoms. The van der Waals surface area contributed by atoms with E-state index in [2.05, 4.69) is 124 Å². The van der Waals surface area contributed by atoms with Gasteiger partial charge in [-0.15, -0.1) is 0 Å². The summed E-state index contributed by atoms with van der Waals surface area (Å²) in [7, 11) is -1.45. The van der Waals surface area contributed by atoms with Gasteiger partial charge in [0.15, 0.2) is 0 Å². The molecular formula is C46H72Si. The van der Waals surface area contributed by atoms with Gasteiger partial charge >= 0.3 is 0 Å². The van der Waals surface area contributed by atoms with Crippen molar-refractivity contribution >= 4 is 8.07 Å². The maximum Gasteiger partial charge on any atom is 0.0580 e. The van der Waals surface area contributed by atoms with Crippen molar-refractivity contribution in [2.45, 2.75) is 173 Å². The minimum absolute atomic E-state index is 0.240. The smallest absolute Gasteiger partial charge is 0.0580 e. The Hall–Kier alpha value is -1.34. The van der Waals surface area contributed by atoms with Crippen molar-refractivity contribution in [3.63, 3.8) is 0 Å². The zero-order chi connectivity index (χ0) is 33.9. The van der Waals surface area contributed by atoms with Crippen LogP contribution in [0.3, 0.4) is 0 Å². The molecule has 0 nitrogen and oxygen atoms in total. The minimum Gasteiger partial charge on any atom is -0.0687 e. The molecule has 260 valence electrons. The molecule has 5 fully saturated rings. The van der Waals surface area contributed by atoms with Crippen molar-refractivity contribution in [2.75, 3.05) is 0 Å². The van der Waals surface area contributed by atoms with E-state index >= 15 is 0 Å². The monoisotopic (exact) mass is 653 g/mol. The van der Waals surface area contributed by atoms with Crippen LogP contribution in [0.2, 0.25) is 23.7 Å². The number of benzene rings is 2. The summed E-state index contributed by atoms with van der Waals surface area (Å²) in [4.78, 5) is 0. The van der Waals surface area contributed by atoms with Crippen LogP contribution in [0.5, 0.6) is 0 Å². The van der Waals surface area contributed by atoms with Gasteiger partial charge in [-0.1, -0.05) is 162 Å². The van der Waals surface area contributed by atoms with E-state index in [4.69, 9.17) is 0 Å². The summed E-state index contributed by atoms with van der Waals surface area (Å²) in [5.74, 6) is 8.41. The van der Waals surface area contributed by atoms with Crippen LogP contribution in [-0.2, 0) is 10.8 Å². The molecular weight excluding hydrogens is 581 g/mol. The van der Waals surface area contributed by atoms with Gasteiger partial charge in [-0.2, -0.15) is 0 Å². The zero-order valence-electron chi connectivity index (χ0n) is 32.5. The second-order valence-corrected chi connectivity index (χ2v) is 24.8. The van der Waals surface area contributed by atoms with Gasteiger partial charge in [-0.3, -0.25) is 0 Å². The van der Waals surface area contributed by atoms with Gasteiger partial charge in [0.1, 0.15) is 0 Å². The first-order valence-electron chi connectivity index (χ1n) is 20.4. The van der Waals surface area contributed by atoms with E-state index in [1.54, 1.807) is 23.6 Å². The standard InChI is InChI=1S/C43H64Si.C3H8/c1-27-24-38-33(29-16-20-31(21-17-29)42(3,4)5)12-10-14-35(38)40(27)44(9)26-28(2)37-25-39-34(13-11-15-36(39)41(37)44)30-18-22-32(23-19-30)43(6,7)8;1-3-2/h16-23,27-28,33-41H,10-15,24-26H2,1-9H3;3H2,1-2H3. The van der Waals surface area contributed by atoms with Crippen molar-refractivity contribution in [3.8, 4) is 0 Å². The minimum atomic E-state index is -1.45. The zero-order valence-corrected chi connectivity index (χ0v) is 33.5. The Morgan fingerprint density at radius 1 is 0.553 bits per heavy atom. The Morgan fingerprint density at radius 3 is 1.43 bits per heavy atom. The molecule has 7 rings (SSSR count). The van der Waals surface area contributed by atoms with Gasteiger partial charge in [0.25, 0.3) is 0 Å². The van der Waals surface area contributed by atoms with Crippen LogP contribution in [-0.4, -0.2) is 8.07 Å². The Labute approximate surface area is 292 Å². The van der Waals surface area contributed by atoms with Crippen molar-refractivity contribution in [3.05, 3.63) is 70.8 Å². The summed E-state index contributed by atoms with van der Waals surface area (Å²) < 4.78 is 0. The quantitative estimate of drug-likeness (QED) is 0.289. The van der Waals surface area contributed by atoms with E-state index in [0.717, 1.165) is 64.3 Å². The van der Waals surface area contributed by atoms with Gasteiger partial charge in [-0.05, 0) is 123 Å². The fourth-order valence-corrected chi connectivity index (χ4v) is 21.6. The first-order chi connectivity index (χ1) is 22.2. The van der Waals surface area contributed by atoms with Crippen LogP contribution < -0.4 is 0 Å². The molecule has 12 unspecified atom stereocenters. The summed E-state index contributed by atoms with van der Waals surface area (Å²) in [6.07, 6.45) is 13.2. The third-order valence-corrected chi connectivity index (χ3v) is 21.3. The molecule has 5 aliphatic rings. The Kier molecular flexibility index (Phi) is 10.1. The number of hydrogen-bond acceptors (Lipinski definition) is 0. The molecule has 1 saturated heterocycles. The third-order valence-electron chi connectivity index (χ3n) is 14.8. The Balaban J connectivity index is 0.00000124. The lowest BCUT2D eigenvalue weighted by Crippen LogP contribution is -2.46. The average Bonchev–Trinajstić information content (AvgIpc) is 3.66. The lowest BCUT2D eigenvalue weighted by molar-refractivity contribution is 0.226. The molecule has 1 aliphatic heterocycles. The molecule has 4 saturated carbocycles. The molecule has 0 bridgehead atoms.